The maximum Gasteiger partial charge on any atom is 0.339 e. The van der Waals surface area contributed by atoms with E-state index >= 15 is 0 Å². The Morgan fingerprint density at radius 2 is 2.00 bits per heavy atom. The van der Waals surface area contributed by atoms with E-state index in [1.165, 1.54) is 7.11 Å². The van der Waals surface area contributed by atoms with Gasteiger partial charge < -0.3 is 19.6 Å². The van der Waals surface area contributed by atoms with Crippen molar-refractivity contribution in [2.45, 2.75) is 26.7 Å². The number of aromatic amines is 1. The highest BCUT2D eigenvalue weighted by atomic mass is 35.5. The summed E-state index contributed by atoms with van der Waals surface area (Å²) in [6.45, 7) is 3.91. The van der Waals surface area contributed by atoms with Crippen LogP contribution in [0.2, 0.25) is 5.02 Å². The lowest BCUT2D eigenvalue weighted by Crippen LogP contribution is -2.26. The fourth-order valence-corrected chi connectivity index (χ4v) is 3.10. The Bertz CT molecular complexity index is 1020. The van der Waals surface area contributed by atoms with Crippen molar-refractivity contribution in [1.82, 2.24) is 20.4 Å². The van der Waals surface area contributed by atoms with E-state index in [2.05, 4.69) is 20.4 Å². The largest absolute Gasteiger partial charge is 0.465 e. The van der Waals surface area contributed by atoms with Gasteiger partial charge in [0.05, 0.1) is 12.7 Å². The van der Waals surface area contributed by atoms with Gasteiger partial charge in [0.25, 0.3) is 5.91 Å². The van der Waals surface area contributed by atoms with Crippen molar-refractivity contribution < 1.29 is 18.8 Å². The van der Waals surface area contributed by atoms with E-state index in [9.17, 15) is 9.59 Å². The number of rotatable bonds is 7. The molecule has 0 radical (unpaired) electrons. The molecule has 1 aromatic carbocycles. The quantitative estimate of drug-likeness (QED) is 0.571. The van der Waals surface area contributed by atoms with Crippen LogP contribution >= 0.6 is 11.6 Å². The number of amides is 1. The van der Waals surface area contributed by atoms with Gasteiger partial charge in [-0.2, -0.15) is 4.98 Å². The summed E-state index contributed by atoms with van der Waals surface area (Å²) in [5.74, 6) is 0.0847. The Morgan fingerprint density at radius 3 is 2.66 bits per heavy atom. The second-order valence-corrected chi connectivity index (χ2v) is 6.78. The number of esters is 1. The maximum atomic E-state index is 12.5. The first-order valence-corrected chi connectivity index (χ1v) is 9.48. The minimum Gasteiger partial charge on any atom is -0.465 e. The van der Waals surface area contributed by atoms with Crippen LogP contribution in [0, 0.1) is 6.92 Å². The van der Waals surface area contributed by atoms with Crippen molar-refractivity contribution >= 4 is 23.5 Å². The standard InChI is InChI=1S/C20H21ClN4O4/c1-4-14-16(20(27)28-3)11(2)17(23-14)19(26)22-10-9-15-24-18(25-29-15)12-5-7-13(21)8-6-12/h5-8,23H,4,9-10H2,1-3H3,(H,22,26). The predicted molar refractivity (Wildman–Crippen MR) is 107 cm³/mol. The number of nitrogens with one attached hydrogen (secondary N) is 2. The molecule has 8 nitrogen and oxygen atoms in total. The third-order valence-corrected chi connectivity index (χ3v) is 4.74. The first kappa shape index (κ1) is 20.6. The van der Waals surface area contributed by atoms with Gasteiger partial charge in [0, 0.05) is 29.2 Å². The average molecular weight is 417 g/mol. The van der Waals surface area contributed by atoms with Crippen LogP contribution in [0.5, 0.6) is 0 Å². The van der Waals surface area contributed by atoms with Crippen molar-refractivity contribution in [3.8, 4) is 11.4 Å². The summed E-state index contributed by atoms with van der Waals surface area (Å²) in [5, 5.41) is 7.37. The smallest absolute Gasteiger partial charge is 0.339 e. The van der Waals surface area contributed by atoms with Crippen LogP contribution in [0.3, 0.4) is 0 Å². The summed E-state index contributed by atoms with van der Waals surface area (Å²) in [6.07, 6.45) is 0.949. The SMILES string of the molecule is CCc1[nH]c(C(=O)NCCc2nc(-c3ccc(Cl)cc3)no2)c(C)c1C(=O)OC. The lowest BCUT2D eigenvalue weighted by atomic mass is 10.1. The summed E-state index contributed by atoms with van der Waals surface area (Å²) >= 11 is 5.88. The minimum atomic E-state index is -0.463. The number of methoxy groups -OCH3 is 1. The van der Waals surface area contributed by atoms with E-state index in [1.54, 1.807) is 31.2 Å². The molecule has 0 spiro atoms. The number of H-pyrrole nitrogens is 1. The number of hydrogen-bond acceptors (Lipinski definition) is 6. The molecule has 29 heavy (non-hydrogen) atoms. The van der Waals surface area contributed by atoms with E-state index < -0.39 is 5.97 Å². The molecule has 0 aliphatic rings. The fourth-order valence-electron chi connectivity index (χ4n) is 2.97. The number of ether oxygens (including phenoxy) is 1. The topological polar surface area (TPSA) is 110 Å². The maximum absolute atomic E-state index is 12.5. The van der Waals surface area contributed by atoms with E-state index in [0.717, 1.165) is 5.56 Å². The molecular formula is C20H21ClN4O4. The Kier molecular flexibility index (Phi) is 6.33. The molecule has 0 aliphatic heterocycles. The molecule has 0 aliphatic carbocycles. The Balaban J connectivity index is 1.63. The highest BCUT2D eigenvalue weighted by Gasteiger charge is 2.23. The second kappa shape index (κ2) is 8.91. The van der Waals surface area contributed by atoms with Crippen LogP contribution in [0.25, 0.3) is 11.4 Å². The number of hydrogen-bond donors (Lipinski definition) is 2. The Hall–Kier alpha value is -3.13. The molecule has 3 aromatic rings. The molecule has 0 saturated carbocycles. The number of benzene rings is 1. The van der Waals surface area contributed by atoms with Gasteiger partial charge in [-0.3, -0.25) is 4.79 Å². The van der Waals surface area contributed by atoms with Crippen LogP contribution in [-0.4, -0.2) is 40.7 Å². The van der Waals surface area contributed by atoms with Crippen LogP contribution in [0.15, 0.2) is 28.8 Å². The molecule has 2 heterocycles. The van der Waals surface area contributed by atoms with Crippen molar-refractivity contribution in [3.05, 3.63) is 57.7 Å². The zero-order valence-electron chi connectivity index (χ0n) is 16.3. The number of carbonyl (C=O) groups excluding carboxylic acids is 2. The zero-order chi connectivity index (χ0) is 21.0. The van der Waals surface area contributed by atoms with Crippen molar-refractivity contribution in [1.29, 1.82) is 0 Å². The molecule has 3 rings (SSSR count). The van der Waals surface area contributed by atoms with Gasteiger partial charge in [0.15, 0.2) is 0 Å². The van der Waals surface area contributed by atoms with Crippen molar-refractivity contribution in [3.63, 3.8) is 0 Å². The molecule has 2 aromatic heterocycles. The summed E-state index contributed by atoms with van der Waals surface area (Å²) in [7, 11) is 1.32. The molecule has 0 fully saturated rings. The lowest BCUT2D eigenvalue weighted by Gasteiger charge is -2.03. The highest BCUT2D eigenvalue weighted by molar-refractivity contribution is 6.30. The lowest BCUT2D eigenvalue weighted by molar-refractivity contribution is 0.0599. The highest BCUT2D eigenvalue weighted by Crippen LogP contribution is 2.21. The molecule has 9 heteroatoms. The predicted octanol–water partition coefficient (Wildman–Crippen LogP) is 3.35. The van der Waals surface area contributed by atoms with Gasteiger partial charge in [-0.25, -0.2) is 4.79 Å². The first-order chi connectivity index (χ1) is 13.9. The van der Waals surface area contributed by atoms with Gasteiger partial charge in [-0.05, 0) is 43.2 Å². The summed E-state index contributed by atoms with van der Waals surface area (Å²) in [5.41, 5.74) is 2.77. The van der Waals surface area contributed by atoms with Crippen LogP contribution in [0.4, 0.5) is 0 Å². The number of aryl methyl sites for hydroxylation is 1. The van der Waals surface area contributed by atoms with Crippen molar-refractivity contribution in [2.24, 2.45) is 0 Å². The fraction of sp³-hybridized carbons (Fsp3) is 0.300. The molecule has 0 unspecified atom stereocenters. The molecule has 2 N–H and O–H groups in total. The van der Waals surface area contributed by atoms with Crippen LogP contribution in [-0.2, 0) is 17.6 Å². The number of halogens is 1. The monoisotopic (exact) mass is 416 g/mol. The molecule has 0 saturated heterocycles. The molecule has 0 atom stereocenters. The zero-order valence-corrected chi connectivity index (χ0v) is 17.1. The normalized spacial score (nSPS) is 10.8. The Labute approximate surface area is 172 Å². The van der Waals surface area contributed by atoms with Gasteiger partial charge in [-0.1, -0.05) is 23.7 Å². The first-order valence-electron chi connectivity index (χ1n) is 9.11. The average Bonchev–Trinajstić information content (AvgIpc) is 3.32. The molecule has 1 amide bonds. The summed E-state index contributed by atoms with van der Waals surface area (Å²) in [6, 6.07) is 7.10. The van der Waals surface area contributed by atoms with Gasteiger partial charge >= 0.3 is 5.97 Å². The van der Waals surface area contributed by atoms with E-state index in [0.29, 0.717) is 58.6 Å². The van der Waals surface area contributed by atoms with E-state index in [-0.39, 0.29) is 5.91 Å². The number of nitrogens with zero attached hydrogens (tertiary/aromatic N) is 2. The van der Waals surface area contributed by atoms with E-state index in [1.807, 2.05) is 6.92 Å². The van der Waals surface area contributed by atoms with Gasteiger partial charge in [0.2, 0.25) is 11.7 Å². The van der Waals surface area contributed by atoms with Gasteiger partial charge in [-0.15, -0.1) is 0 Å². The van der Waals surface area contributed by atoms with Gasteiger partial charge in [0.1, 0.15) is 5.69 Å². The molecule has 152 valence electrons. The third-order valence-electron chi connectivity index (χ3n) is 4.49. The summed E-state index contributed by atoms with van der Waals surface area (Å²) in [4.78, 5) is 31.9. The number of carbonyl (C=O) groups is 2. The van der Waals surface area contributed by atoms with E-state index in [4.69, 9.17) is 20.9 Å². The molecular weight excluding hydrogens is 396 g/mol. The van der Waals surface area contributed by atoms with Crippen LogP contribution in [0.1, 0.15) is 44.9 Å². The third kappa shape index (κ3) is 4.48. The second-order valence-electron chi connectivity index (χ2n) is 6.35. The number of aromatic nitrogens is 3. The van der Waals surface area contributed by atoms with Crippen LogP contribution < -0.4 is 5.32 Å². The Morgan fingerprint density at radius 1 is 1.28 bits per heavy atom. The van der Waals surface area contributed by atoms with Crippen molar-refractivity contribution in [2.75, 3.05) is 13.7 Å². The molecule has 0 bridgehead atoms. The minimum absolute atomic E-state index is 0.300. The summed E-state index contributed by atoms with van der Waals surface area (Å²) < 4.78 is 10.0.